The number of carbonyl (C=O) groups excluding carboxylic acids is 3. The molecule has 0 radical (unpaired) electrons. The van der Waals surface area contributed by atoms with Gasteiger partial charge in [0.05, 0.1) is 0 Å². The molecule has 0 amide bonds. The topological polar surface area (TPSA) is 78.9 Å². The molecule has 6 heteroatoms. The maximum Gasteiger partial charge on any atom is 0.306 e. The standard InChI is InChI=1S/C68H110O6/c1-4-7-10-13-16-19-21-23-25-26-27-28-29-30-31-32-33-34-35-36-37-38-39-40-41-42-43-45-46-49-52-55-58-61-67(70)73-64-65(63-72-66(69)60-57-54-51-48-18-15-12-9-6-3)74-68(71)62-59-56-53-50-47-44-24-22-20-17-14-11-8-5-2/h7,10,14,16-17,19,22-25,27-28,30-31,33-34,36-37,39-40,42-43,65H,4-6,8-9,11-13,15,18,20-21,26,29,32,35,38,41,44-64H2,1-3H3/b10-7-,17-14-,19-16-,24-22-,25-23-,28-27-,31-30-,34-33-,37-36-,40-39-,43-42-. The fraction of sp³-hybridized carbons (Fsp3) is 0.632. The lowest BCUT2D eigenvalue weighted by Gasteiger charge is -2.18. The van der Waals surface area contributed by atoms with Crippen LogP contribution in [-0.4, -0.2) is 37.2 Å². The first kappa shape index (κ1) is 69.5. The second kappa shape index (κ2) is 61.1. The van der Waals surface area contributed by atoms with Crippen molar-refractivity contribution in [1.82, 2.24) is 0 Å². The number of unbranched alkanes of at least 4 members (excludes halogenated alkanes) is 20. The molecule has 0 rings (SSSR count). The van der Waals surface area contributed by atoms with Crippen LogP contribution in [0.2, 0.25) is 0 Å². The summed E-state index contributed by atoms with van der Waals surface area (Å²) < 4.78 is 16.8. The molecule has 0 aliphatic rings. The third kappa shape index (κ3) is 58.4. The monoisotopic (exact) mass is 1020 g/mol. The van der Waals surface area contributed by atoms with Gasteiger partial charge in [0.1, 0.15) is 13.2 Å². The first-order valence-electron chi connectivity index (χ1n) is 30.2. The first-order chi connectivity index (χ1) is 36.5. The summed E-state index contributed by atoms with van der Waals surface area (Å²) in [7, 11) is 0. The largest absolute Gasteiger partial charge is 0.462 e. The molecular weight excluding hydrogens is 913 g/mol. The average Bonchev–Trinajstić information content (AvgIpc) is 3.40. The SMILES string of the molecule is CC/C=C\C/C=C\C/C=C\C/C=C\C/C=C\C/C=C\C/C=C\C/C=C\C/C=C\CCCCCCCC(=O)OCC(COC(=O)CCCCCCCCCCC)OC(=O)CCCCCCC/C=C\C/C=C\CCCC. The van der Waals surface area contributed by atoms with Crippen LogP contribution in [0.1, 0.15) is 258 Å². The molecule has 74 heavy (non-hydrogen) atoms. The van der Waals surface area contributed by atoms with Crippen LogP contribution in [0, 0.1) is 0 Å². The zero-order chi connectivity index (χ0) is 53.6. The Kier molecular flexibility index (Phi) is 57.4. The molecule has 0 fully saturated rings. The molecule has 0 aromatic heterocycles. The minimum absolute atomic E-state index is 0.0915. The molecular formula is C68H110O6. The number of allylic oxidation sites excluding steroid dienone is 22. The fourth-order valence-corrected chi connectivity index (χ4v) is 7.86. The van der Waals surface area contributed by atoms with E-state index in [9.17, 15) is 14.4 Å². The lowest BCUT2D eigenvalue weighted by Crippen LogP contribution is -2.30. The molecule has 1 unspecified atom stereocenters. The van der Waals surface area contributed by atoms with E-state index in [1.807, 2.05) is 0 Å². The summed E-state index contributed by atoms with van der Waals surface area (Å²) >= 11 is 0. The van der Waals surface area contributed by atoms with E-state index in [1.165, 1.54) is 57.8 Å². The van der Waals surface area contributed by atoms with Gasteiger partial charge in [-0.25, -0.2) is 0 Å². The van der Waals surface area contributed by atoms with Crippen molar-refractivity contribution < 1.29 is 28.6 Å². The molecule has 0 aliphatic carbocycles. The lowest BCUT2D eigenvalue weighted by molar-refractivity contribution is -0.167. The molecule has 0 bridgehead atoms. The van der Waals surface area contributed by atoms with Gasteiger partial charge in [-0.1, -0.05) is 257 Å². The quantitative estimate of drug-likeness (QED) is 0.0261. The van der Waals surface area contributed by atoms with Crippen molar-refractivity contribution >= 4 is 17.9 Å². The van der Waals surface area contributed by atoms with Crippen LogP contribution in [0.4, 0.5) is 0 Å². The maximum atomic E-state index is 12.8. The zero-order valence-electron chi connectivity index (χ0n) is 47.8. The van der Waals surface area contributed by atoms with Crippen LogP contribution in [0.3, 0.4) is 0 Å². The van der Waals surface area contributed by atoms with Crippen molar-refractivity contribution in [2.24, 2.45) is 0 Å². The van der Waals surface area contributed by atoms with E-state index in [1.54, 1.807) is 0 Å². The molecule has 0 aromatic rings. The Labute approximate surface area is 455 Å². The number of esters is 3. The second-order valence-electron chi connectivity index (χ2n) is 19.5. The number of hydrogen-bond acceptors (Lipinski definition) is 6. The minimum Gasteiger partial charge on any atom is -0.462 e. The summed E-state index contributed by atoms with van der Waals surface area (Å²) in [6.45, 7) is 6.43. The summed E-state index contributed by atoms with van der Waals surface area (Å²) in [5.41, 5.74) is 0. The van der Waals surface area contributed by atoms with E-state index in [0.717, 1.165) is 161 Å². The van der Waals surface area contributed by atoms with Crippen LogP contribution in [0.25, 0.3) is 0 Å². The third-order valence-corrected chi connectivity index (χ3v) is 12.4. The maximum absolute atomic E-state index is 12.8. The predicted molar refractivity (Wildman–Crippen MR) is 320 cm³/mol. The highest BCUT2D eigenvalue weighted by Crippen LogP contribution is 2.14. The molecule has 0 saturated carbocycles. The summed E-state index contributed by atoms with van der Waals surface area (Å²) in [5.74, 6) is -0.932. The summed E-state index contributed by atoms with van der Waals surface area (Å²) in [6, 6.07) is 0. The smallest absolute Gasteiger partial charge is 0.306 e. The third-order valence-electron chi connectivity index (χ3n) is 12.4. The molecule has 0 spiro atoms. The summed E-state index contributed by atoms with van der Waals surface area (Å²) in [5, 5.41) is 0. The van der Waals surface area contributed by atoms with Gasteiger partial charge in [0.2, 0.25) is 0 Å². The van der Waals surface area contributed by atoms with Crippen LogP contribution in [0.15, 0.2) is 134 Å². The van der Waals surface area contributed by atoms with Gasteiger partial charge in [0, 0.05) is 19.3 Å². The Morgan fingerprint density at radius 3 is 0.865 bits per heavy atom. The van der Waals surface area contributed by atoms with Crippen molar-refractivity contribution in [2.75, 3.05) is 13.2 Å². The minimum atomic E-state index is -0.795. The number of carbonyl (C=O) groups is 3. The highest BCUT2D eigenvalue weighted by Gasteiger charge is 2.19. The Hall–Kier alpha value is -4.45. The van der Waals surface area contributed by atoms with Gasteiger partial charge >= 0.3 is 17.9 Å². The molecule has 0 aliphatic heterocycles. The molecule has 0 saturated heterocycles. The highest BCUT2D eigenvalue weighted by molar-refractivity contribution is 5.71. The molecule has 6 nitrogen and oxygen atoms in total. The van der Waals surface area contributed by atoms with E-state index in [0.29, 0.717) is 19.3 Å². The van der Waals surface area contributed by atoms with Crippen LogP contribution >= 0.6 is 0 Å². The van der Waals surface area contributed by atoms with Crippen molar-refractivity contribution in [2.45, 2.75) is 264 Å². The van der Waals surface area contributed by atoms with Gasteiger partial charge in [0.15, 0.2) is 6.10 Å². The molecule has 0 aromatic carbocycles. The fourth-order valence-electron chi connectivity index (χ4n) is 7.86. The van der Waals surface area contributed by atoms with Gasteiger partial charge in [-0.05, 0) is 116 Å². The molecule has 1 atom stereocenters. The number of hydrogen-bond donors (Lipinski definition) is 0. The Balaban J connectivity index is 4.25. The predicted octanol–water partition coefficient (Wildman–Crippen LogP) is 20.6. The van der Waals surface area contributed by atoms with E-state index < -0.39 is 6.10 Å². The van der Waals surface area contributed by atoms with Gasteiger partial charge in [0.25, 0.3) is 0 Å². The Bertz CT molecular complexity index is 1600. The molecule has 0 heterocycles. The van der Waals surface area contributed by atoms with E-state index >= 15 is 0 Å². The van der Waals surface area contributed by atoms with Crippen molar-refractivity contribution in [1.29, 1.82) is 0 Å². The van der Waals surface area contributed by atoms with E-state index in [2.05, 4.69) is 154 Å². The van der Waals surface area contributed by atoms with Crippen LogP contribution in [0.5, 0.6) is 0 Å². The van der Waals surface area contributed by atoms with E-state index in [4.69, 9.17) is 14.2 Å². The number of rotatable bonds is 53. The molecule has 418 valence electrons. The average molecular weight is 1020 g/mol. The van der Waals surface area contributed by atoms with Gasteiger partial charge in [-0.2, -0.15) is 0 Å². The van der Waals surface area contributed by atoms with Gasteiger partial charge in [-0.15, -0.1) is 0 Å². The normalized spacial score (nSPS) is 13.1. The lowest BCUT2D eigenvalue weighted by atomic mass is 10.1. The zero-order valence-corrected chi connectivity index (χ0v) is 47.8. The Morgan fingerprint density at radius 1 is 0.284 bits per heavy atom. The van der Waals surface area contributed by atoms with Crippen molar-refractivity contribution in [3.63, 3.8) is 0 Å². The van der Waals surface area contributed by atoms with Crippen LogP contribution < -0.4 is 0 Å². The van der Waals surface area contributed by atoms with Gasteiger partial charge < -0.3 is 14.2 Å². The van der Waals surface area contributed by atoms with Crippen molar-refractivity contribution in [3.05, 3.63) is 134 Å². The van der Waals surface area contributed by atoms with Crippen molar-refractivity contribution in [3.8, 4) is 0 Å². The first-order valence-corrected chi connectivity index (χ1v) is 30.2. The second-order valence-corrected chi connectivity index (χ2v) is 19.5. The van der Waals surface area contributed by atoms with E-state index in [-0.39, 0.29) is 31.1 Å². The van der Waals surface area contributed by atoms with Gasteiger partial charge in [-0.3, -0.25) is 14.4 Å². The highest BCUT2D eigenvalue weighted by atomic mass is 16.6. The number of ether oxygens (including phenoxy) is 3. The Morgan fingerprint density at radius 2 is 0.541 bits per heavy atom. The summed E-state index contributed by atoms with van der Waals surface area (Å²) in [6.07, 6.45) is 86.0. The summed E-state index contributed by atoms with van der Waals surface area (Å²) in [4.78, 5) is 38.0. The van der Waals surface area contributed by atoms with Crippen LogP contribution in [-0.2, 0) is 28.6 Å². The molecule has 0 N–H and O–H groups in total.